The molecule has 4 aromatic rings. The first kappa shape index (κ1) is 21.0. The van der Waals surface area contributed by atoms with Gasteiger partial charge in [0.1, 0.15) is 30.5 Å². The summed E-state index contributed by atoms with van der Waals surface area (Å²) in [6, 6.07) is 22.7. The Bertz CT molecular complexity index is 1180. The van der Waals surface area contributed by atoms with Gasteiger partial charge in [0, 0.05) is 0 Å². The lowest BCUT2D eigenvalue weighted by molar-refractivity contribution is 0.270. The molecular formula is C27H30N2O2. The van der Waals surface area contributed by atoms with E-state index in [-0.39, 0.29) is 0 Å². The summed E-state index contributed by atoms with van der Waals surface area (Å²) in [6.07, 6.45) is 0. The predicted molar refractivity (Wildman–Crippen MR) is 126 cm³/mol. The molecule has 0 fully saturated rings. The number of nitrogens with zero attached hydrogens (tertiary/aromatic N) is 2. The van der Waals surface area contributed by atoms with Gasteiger partial charge < -0.3 is 14.0 Å². The van der Waals surface area contributed by atoms with Gasteiger partial charge in [0.2, 0.25) is 0 Å². The molecule has 1 aromatic heterocycles. The van der Waals surface area contributed by atoms with E-state index >= 15 is 0 Å². The minimum Gasteiger partial charge on any atom is -0.491 e. The van der Waals surface area contributed by atoms with E-state index in [9.17, 15) is 0 Å². The molecule has 1 heterocycles. The normalized spacial score (nSPS) is 11.3. The monoisotopic (exact) mass is 414 g/mol. The maximum atomic E-state index is 6.25. The van der Waals surface area contributed by atoms with Gasteiger partial charge in [-0.2, -0.15) is 0 Å². The van der Waals surface area contributed by atoms with Crippen molar-refractivity contribution in [2.24, 2.45) is 0 Å². The van der Waals surface area contributed by atoms with E-state index in [1.54, 1.807) is 0 Å². The van der Waals surface area contributed by atoms with E-state index in [2.05, 4.69) is 62.6 Å². The zero-order valence-electron chi connectivity index (χ0n) is 18.8. The van der Waals surface area contributed by atoms with E-state index in [0.29, 0.717) is 25.7 Å². The fourth-order valence-corrected chi connectivity index (χ4v) is 3.84. The van der Waals surface area contributed by atoms with Crippen LogP contribution in [-0.2, 0) is 13.2 Å². The molecule has 0 spiro atoms. The Labute approximate surface area is 184 Å². The number of imidazole rings is 1. The van der Waals surface area contributed by atoms with Crippen LogP contribution in [0.5, 0.6) is 11.5 Å². The van der Waals surface area contributed by atoms with Crippen molar-refractivity contribution in [3.05, 3.63) is 89.2 Å². The predicted octanol–water partition coefficient (Wildman–Crippen LogP) is 6.43. The smallest absolute Gasteiger partial charge is 0.148 e. The number of aryl methyl sites for hydroxylation is 2. The number of rotatable bonds is 8. The van der Waals surface area contributed by atoms with Crippen molar-refractivity contribution >= 4 is 11.0 Å². The van der Waals surface area contributed by atoms with Crippen molar-refractivity contribution in [2.45, 2.75) is 46.8 Å². The second kappa shape index (κ2) is 9.25. The Hall–Kier alpha value is -3.27. The number of benzene rings is 3. The van der Waals surface area contributed by atoms with Crippen LogP contribution in [0.4, 0.5) is 0 Å². The van der Waals surface area contributed by atoms with Gasteiger partial charge in [0.15, 0.2) is 0 Å². The maximum Gasteiger partial charge on any atom is 0.148 e. The zero-order chi connectivity index (χ0) is 21.8. The quantitative estimate of drug-likeness (QED) is 0.333. The molecule has 4 rings (SSSR count). The van der Waals surface area contributed by atoms with Crippen LogP contribution >= 0.6 is 0 Å². The molecule has 0 radical (unpaired) electrons. The van der Waals surface area contributed by atoms with Gasteiger partial charge >= 0.3 is 0 Å². The van der Waals surface area contributed by atoms with Crippen LogP contribution in [0.15, 0.2) is 66.7 Å². The molecule has 0 N–H and O–H groups in total. The highest BCUT2D eigenvalue weighted by Gasteiger charge is 2.13. The standard InChI is InChI=1S/C27H30N2O2/c1-19(2)22-14-13-20(3)17-26(22)30-16-15-29-24-11-7-6-10-23(24)28-27(29)18-31-25-12-8-5-9-21(25)4/h5-14,17,19H,15-16,18H2,1-4H3. The third-order valence-electron chi connectivity index (χ3n) is 5.55. The number of ether oxygens (including phenoxy) is 2. The molecule has 4 heteroatoms. The summed E-state index contributed by atoms with van der Waals surface area (Å²) in [7, 11) is 0. The largest absolute Gasteiger partial charge is 0.491 e. The van der Waals surface area contributed by atoms with Gasteiger partial charge in [-0.05, 0) is 60.7 Å². The third kappa shape index (κ3) is 4.74. The maximum absolute atomic E-state index is 6.25. The summed E-state index contributed by atoms with van der Waals surface area (Å²) in [5.41, 5.74) is 5.64. The summed E-state index contributed by atoms with van der Waals surface area (Å²) in [5, 5.41) is 0. The zero-order valence-corrected chi connectivity index (χ0v) is 18.8. The molecule has 0 atom stereocenters. The van der Waals surface area contributed by atoms with Crippen LogP contribution in [0.2, 0.25) is 0 Å². The van der Waals surface area contributed by atoms with Gasteiger partial charge in [-0.3, -0.25) is 0 Å². The van der Waals surface area contributed by atoms with Gasteiger partial charge in [-0.15, -0.1) is 0 Å². The average Bonchev–Trinajstić information content (AvgIpc) is 3.11. The van der Waals surface area contributed by atoms with Crippen molar-refractivity contribution in [3.63, 3.8) is 0 Å². The van der Waals surface area contributed by atoms with Gasteiger partial charge in [0.05, 0.1) is 17.6 Å². The van der Waals surface area contributed by atoms with E-state index < -0.39 is 0 Å². The van der Waals surface area contributed by atoms with E-state index in [1.165, 1.54) is 11.1 Å². The number of fused-ring (bicyclic) bond motifs is 1. The topological polar surface area (TPSA) is 36.3 Å². The molecule has 0 saturated carbocycles. The van der Waals surface area contributed by atoms with Crippen molar-refractivity contribution in [1.82, 2.24) is 9.55 Å². The molecule has 4 nitrogen and oxygen atoms in total. The first-order valence-electron chi connectivity index (χ1n) is 10.9. The highest BCUT2D eigenvalue weighted by Crippen LogP contribution is 2.28. The van der Waals surface area contributed by atoms with Crippen LogP contribution < -0.4 is 9.47 Å². The van der Waals surface area contributed by atoms with E-state index in [0.717, 1.165) is 33.9 Å². The van der Waals surface area contributed by atoms with Crippen LogP contribution in [0.3, 0.4) is 0 Å². The second-order valence-corrected chi connectivity index (χ2v) is 8.27. The number of para-hydroxylation sites is 3. The third-order valence-corrected chi connectivity index (χ3v) is 5.55. The second-order valence-electron chi connectivity index (χ2n) is 8.27. The van der Waals surface area contributed by atoms with E-state index in [4.69, 9.17) is 14.5 Å². The summed E-state index contributed by atoms with van der Waals surface area (Å²) >= 11 is 0. The fraction of sp³-hybridized carbons (Fsp3) is 0.296. The number of hydrogen-bond acceptors (Lipinski definition) is 3. The summed E-state index contributed by atoms with van der Waals surface area (Å²) in [4.78, 5) is 4.83. The minimum atomic E-state index is 0.418. The average molecular weight is 415 g/mol. The van der Waals surface area contributed by atoms with Crippen LogP contribution in [0, 0.1) is 13.8 Å². The highest BCUT2D eigenvalue weighted by molar-refractivity contribution is 5.75. The van der Waals surface area contributed by atoms with Crippen molar-refractivity contribution in [3.8, 4) is 11.5 Å². The Kier molecular flexibility index (Phi) is 6.26. The van der Waals surface area contributed by atoms with Crippen LogP contribution in [0.1, 0.15) is 42.3 Å². The summed E-state index contributed by atoms with van der Waals surface area (Å²) in [6.45, 7) is 10.2. The lowest BCUT2D eigenvalue weighted by Gasteiger charge is -2.16. The summed E-state index contributed by atoms with van der Waals surface area (Å²) < 4.78 is 14.6. The minimum absolute atomic E-state index is 0.418. The first-order valence-corrected chi connectivity index (χ1v) is 10.9. The molecule has 0 aliphatic heterocycles. The number of hydrogen-bond donors (Lipinski definition) is 0. The molecule has 3 aromatic carbocycles. The molecule has 0 amide bonds. The first-order chi connectivity index (χ1) is 15.0. The summed E-state index contributed by atoms with van der Waals surface area (Å²) in [5.74, 6) is 3.18. The number of aromatic nitrogens is 2. The van der Waals surface area contributed by atoms with Crippen LogP contribution in [-0.4, -0.2) is 16.2 Å². The van der Waals surface area contributed by atoms with Crippen LogP contribution in [0.25, 0.3) is 11.0 Å². The van der Waals surface area contributed by atoms with E-state index in [1.807, 2.05) is 36.4 Å². The van der Waals surface area contributed by atoms with Gasteiger partial charge in [-0.25, -0.2) is 4.98 Å². The molecule has 160 valence electrons. The van der Waals surface area contributed by atoms with Gasteiger partial charge in [-0.1, -0.05) is 56.3 Å². The molecular weight excluding hydrogens is 384 g/mol. The Balaban J connectivity index is 1.54. The Morgan fingerprint density at radius 1 is 0.871 bits per heavy atom. The molecule has 0 aliphatic carbocycles. The SMILES string of the molecule is Cc1ccc(C(C)C)c(OCCn2c(COc3ccccc3C)nc3ccccc32)c1. The molecule has 0 bridgehead atoms. The molecule has 31 heavy (non-hydrogen) atoms. The molecule has 0 saturated heterocycles. The highest BCUT2D eigenvalue weighted by atomic mass is 16.5. The lowest BCUT2D eigenvalue weighted by Crippen LogP contribution is -2.13. The Morgan fingerprint density at radius 2 is 1.65 bits per heavy atom. The molecule has 0 unspecified atom stereocenters. The van der Waals surface area contributed by atoms with Crippen molar-refractivity contribution in [1.29, 1.82) is 0 Å². The Morgan fingerprint density at radius 3 is 2.45 bits per heavy atom. The molecule has 0 aliphatic rings. The lowest BCUT2D eigenvalue weighted by atomic mass is 10.0. The fourth-order valence-electron chi connectivity index (χ4n) is 3.84. The van der Waals surface area contributed by atoms with Crippen molar-refractivity contribution in [2.75, 3.05) is 6.61 Å². The van der Waals surface area contributed by atoms with Gasteiger partial charge in [0.25, 0.3) is 0 Å². The van der Waals surface area contributed by atoms with Crippen molar-refractivity contribution < 1.29 is 9.47 Å².